The van der Waals surface area contributed by atoms with Gasteiger partial charge in [-0.2, -0.15) is 20.1 Å². The van der Waals surface area contributed by atoms with Crippen molar-refractivity contribution in [2.45, 2.75) is 37.0 Å². The lowest BCUT2D eigenvalue weighted by Crippen LogP contribution is -2.09. The van der Waals surface area contributed by atoms with Crippen molar-refractivity contribution >= 4 is 17.7 Å². The van der Waals surface area contributed by atoms with Crippen LogP contribution < -0.4 is 10.1 Å². The third-order valence-electron chi connectivity index (χ3n) is 2.14. The summed E-state index contributed by atoms with van der Waals surface area (Å²) in [5.41, 5.74) is 0. The molecule has 0 spiro atoms. The predicted octanol–water partition coefficient (Wildman–Crippen LogP) is 1.75. The number of anilines is 1. The Kier molecular flexibility index (Phi) is 5.54. The smallest absolute Gasteiger partial charge is 0.322 e. The van der Waals surface area contributed by atoms with Crippen molar-refractivity contribution < 1.29 is 4.74 Å². The summed E-state index contributed by atoms with van der Waals surface area (Å²) in [4.78, 5) is 16.8. The summed E-state index contributed by atoms with van der Waals surface area (Å²) in [5.74, 6) is 0.509. The minimum absolute atomic E-state index is 0.322. The summed E-state index contributed by atoms with van der Waals surface area (Å²) in [6, 6.07) is 0.322. The van der Waals surface area contributed by atoms with Crippen LogP contribution in [0.25, 0.3) is 0 Å². The number of hydrogen-bond donors (Lipinski definition) is 2. The highest BCUT2D eigenvalue weighted by Gasteiger charge is 2.10. The highest BCUT2D eigenvalue weighted by atomic mass is 32.2. The van der Waals surface area contributed by atoms with Crippen LogP contribution in [-0.2, 0) is 0 Å². The van der Waals surface area contributed by atoms with Crippen molar-refractivity contribution in [3.63, 3.8) is 0 Å². The number of ether oxygens (including phenoxy) is 1. The summed E-state index contributed by atoms with van der Waals surface area (Å²) in [5, 5.41) is 10.8. The van der Waals surface area contributed by atoms with Crippen LogP contribution in [0, 0.1) is 0 Å². The highest BCUT2D eigenvalue weighted by molar-refractivity contribution is 7.99. The van der Waals surface area contributed by atoms with Gasteiger partial charge in [0.25, 0.3) is 0 Å². The Morgan fingerprint density at radius 2 is 2.15 bits per heavy atom. The van der Waals surface area contributed by atoms with E-state index < -0.39 is 0 Å². The zero-order valence-corrected chi connectivity index (χ0v) is 12.3. The van der Waals surface area contributed by atoms with E-state index in [9.17, 15) is 0 Å². The first kappa shape index (κ1) is 14.5. The molecule has 0 bridgehead atoms. The molecular formula is C11H17N7OS. The second-order valence-corrected chi connectivity index (χ2v) is 4.85. The van der Waals surface area contributed by atoms with E-state index in [0.717, 1.165) is 19.4 Å². The molecule has 8 nitrogen and oxygen atoms in total. The largest absolute Gasteiger partial charge is 0.463 e. The predicted molar refractivity (Wildman–Crippen MR) is 74.9 cm³/mol. The molecule has 2 N–H and O–H groups in total. The second-order valence-electron chi connectivity index (χ2n) is 3.89. The quantitative estimate of drug-likeness (QED) is 0.759. The Balaban J connectivity index is 2.15. The first-order valence-electron chi connectivity index (χ1n) is 6.47. The van der Waals surface area contributed by atoms with Gasteiger partial charge in [-0.3, -0.25) is 5.10 Å². The molecule has 0 aliphatic heterocycles. The van der Waals surface area contributed by atoms with Crippen molar-refractivity contribution in [3.05, 3.63) is 6.33 Å². The van der Waals surface area contributed by atoms with Crippen molar-refractivity contribution in [1.82, 2.24) is 30.1 Å². The van der Waals surface area contributed by atoms with Crippen LogP contribution >= 0.6 is 11.8 Å². The molecule has 0 saturated heterocycles. The van der Waals surface area contributed by atoms with Gasteiger partial charge in [0.05, 0.1) is 6.61 Å². The van der Waals surface area contributed by atoms with Gasteiger partial charge in [-0.05, 0) is 24.6 Å². The van der Waals surface area contributed by atoms with E-state index in [1.807, 2.05) is 6.92 Å². The summed E-state index contributed by atoms with van der Waals surface area (Å²) in [7, 11) is 0. The fourth-order valence-electron chi connectivity index (χ4n) is 1.29. The molecule has 0 aromatic carbocycles. The Labute approximate surface area is 121 Å². The molecule has 0 radical (unpaired) electrons. The molecule has 108 valence electrons. The van der Waals surface area contributed by atoms with Crippen LogP contribution in [0.4, 0.5) is 5.95 Å². The van der Waals surface area contributed by atoms with Crippen LogP contribution in [-0.4, -0.2) is 43.3 Å². The number of rotatable bonds is 8. The first-order chi connectivity index (χ1) is 9.81. The fourth-order valence-corrected chi connectivity index (χ4v) is 1.91. The number of nitrogens with zero attached hydrogens (tertiary/aromatic N) is 5. The maximum atomic E-state index is 5.47. The molecule has 2 aromatic rings. The van der Waals surface area contributed by atoms with E-state index >= 15 is 0 Å². The normalized spacial score (nSPS) is 10.5. The maximum absolute atomic E-state index is 5.47. The summed E-state index contributed by atoms with van der Waals surface area (Å²) >= 11 is 1.28. The Morgan fingerprint density at radius 1 is 1.25 bits per heavy atom. The molecule has 0 aliphatic rings. The lowest BCUT2D eigenvalue weighted by atomic mass is 10.5. The van der Waals surface area contributed by atoms with Gasteiger partial charge in [0.15, 0.2) is 5.16 Å². The zero-order chi connectivity index (χ0) is 14.2. The van der Waals surface area contributed by atoms with Gasteiger partial charge in [0.2, 0.25) is 11.1 Å². The van der Waals surface area contributed by atoms with E-state index in [2.05, 4.69) is 42.4 Å². The Morgan fingerprint density at radius 3 is 2.85 bits per heavy atom. The van der Waals surface area contributed by atoms with Crippen LogP contribution in [0.1, 0.15) is 26.7 Å². The maximum Gasteiger partial charge on any atom is 0.322 e. The van der Waals surface area contributed by atoms with Crippen molar-refractivity contribution in [3.8, 4) is 6.01 Å². The molecular weight excluding hydrogens is 278 g/mol. The number of hydrogen-bond acceptors (Lipinski definition) is 8. The van der Waals surface area contributed by atoms with Crippen LogP contribution in [0.2, 0.25) is 0 Å². The molecule has 0 unspecified atom stereocenters. The molecule has 2 heterocycles. The number of nitrogens with one attached hydrogen (secondary N) is 2. The van der Waals surface area contributed by atoms with E-state index in [4.69, 9.17) is 4.74 Å². The molecule has 9 heteroatoms. The van der Waals surface area contributed by atoms with Crippen molar-refractivity contribution in [2.24, 2.45) is 0 Å². The minimum atomic E-state index is 0.322. The summed E-state index contributed by atoms with van der Waals surface area (Å²) < 4.78 is 5.47. The third kappa shape index (κ3) is 4.34. The van der Waals surface area contributed by atoms with Crippen LogP contribution in [0.15, 0.2) is 16.6 Å². The number of aromatic amines is 1. The van der Waals surface area contributed by atoms with Crippen molar-refractivity contribution in [2.75, 3.05) is 18.5 Å². The lowest BCUT2D eigenvalue weighted by Gasteiger charge is -2.07. The zero-order valence-electron chi connectivity index (χ0n) is 11.5. The van der Waals surface area contributed by atoms with Gasteiger partial charge in [0.1, 0.15) is 6.33 Å². The third-order valence-corrected chi connectivity index (χ3v) is 2.90. The topological polar surface area (TPSA) is 102 Å². The molecule has 0 aliphatic carbocycles. The summed E-state index contributed by atoms with van der Waals surface area (Å²) in [6.45, 7) is 5.47. The molecule has 0 fully saturated rings. The first-order valence-corrected chi connectivity index (χ1v) is 7.29. The molecule has 2 rings (SSSR count). The van der Waals surface area contributed by atoms with E-state index in [1.54, 1.807) is 0 Å². The fraction of sp³-hybridized carbons (Fsp3) is 0.545. The SMILES string of the molecule is CCCNc1nc(OCCC)nc(Sc2ncn[nH]2)n1. The lowest BCUT2D eigenvalue weighted by molar-refractivity contribution is 0.288. The van der Waals surface area contributed by atoms with Gasteiger partial charge < -0.3 is 10.1 Å². The molecule has 0 amide bonds. The van der Waals surface area contributed by atoms with Gasteiger partial charge in [0, 0.05) is 6.54 Å². The molecule has 20 heavy (non-hydrogen) atoms. The highest BCUT2D eigenvalue weighted by Crippen LogP contribution is 2.22. The van der Waals surface area contributed by atoms with Gasteiger partial charge >= 0.3 is 6.01 Å². The van der Waals surface area contributed by atoms with Gasteiger partial charge in [-0.25, -0.2) is 4.98 Å². The van der Waals surface area contributed by atoms with Crippen molar-refractivity contribution in [1.29, 1.82) is 0 Å². The Hall–Kier alpha value is -1.90. The number of H-pyrrole nitrogens is 1. The average molecular weight is 295 g/mol. The molecule has 0 atom stereocenters. The second kappa shape index (κ2) is 7.63. The van der Waals surface area contributed by atoms with Gasteiger partial charge in [-0.1, -0.05) is 13.8 Å². The average Bonchev–Trinajstić information content (AvgIpc) is 2.95. The van der Waals surface area contributed by atoms with Crippen LogP contribution in [0.3, 0.4) is 0 Å². The summed E-state index contributed by atoms with van der Waals surface area (Å²) in [6.07, 6.45) is 3.32. The standard InChI is InChI=1S/C11H17N7OS/c1-3-5-12-8-15-9(19-6-4-2)17-11(16-8)20-10-13-7-14-18-10/h7H,3-6H2,1-2H3,(H,13,14,18)(H,12,15,16,17). The Bertz CT molecular complexity index is 493. The van der Waals surface area contributed by atoms with E-state index in [1.165, 1.54) is 18.1 Å². The van der Waals surface area contributed by atoms with E-state index in [0.29, 0.717) is 28.9 Å². The monoisotopic (exact) mass is 295 g/mol. The molecule has 2 aromatic heterocycles. The van der Waals surface area contributed by atoms with Gasteiger partial charge in [-0.15, -0.1) is 0 Å². The molecule has 0 saturated carbocycles. The minimum Gasteiger partial charge on any atom is -0.463 e. The van der Waals surface area contributed by atoms with Crippen LogP contribution in [0.5, 0.6) is 6.01 Å². The van der Waals surface area contributed by atoms with E-state index in [-0.39, 0.29) is 0 Å². The number of aromatic nitrogens is 6.